The highest BCUT2D eigenvalue weighted by atomic mass is 16.7. The van der Waals surface area contributed by atoms with Gasteiger partial charge in [0.15, 0.2) is 11.9 Å². The zero-order valence-corrected chi connectivity index (χ0v) is 17.3. The molecular weight excluding hydrogens is 422 g/mol. The molecule has 4 rings (SSSR count). The van der Waals surface area contributed by atoms with Gasteiger partial charge in [-0.25, -0.2) is 4.68 Å². The van der Waals surface area contributed by atoms with Gasteiger partial charge in [-0.15, -0.1) is 5.10 Å². The van der Waals surface area contributed by atoms with Gasteiger partial charge >= 0.3 is 0 Å². The van der Waals surface area contributed by atoms with Crippen LogP contribution in [0.15, 0.2) is 42.5 Å². The third-order valence-corrected chi connectivity index (χ3v) is 5.51. The summed E-state index contributed by atoms with van der Waals surface area (Å²) in [6.07, 6.45) is -6.34. The maximum atomic E-state index is 10.8. The Bertz CT molecular complexity index is 1060. The highest BCUT2D eigenvalue weighted by Crippen LogP contribution is 2.34. The molecule has 5 N–H and O–H groups in total. The SMILES string of the molecule is COc1ccc(CCn2nnc3cccc(O[C@]4(O)[C@@H](O)O[C@H](CO)[C@@H](O)[C@@H]4O)c32)cc1. The monoisotopic (exact) mass is 447 g/mol. The Morgan fingerprint density at radius 2 is 1.88 bits per heavy atom. The summed E-state index contributed by atoms with van der Waals surface area (Å²) in [4.78, 5) is 0. The molecule has 1 aliphatic rings. The van der Waals surface area contributed by atoms with Gasteiger partial charge in [-0.3, -0.25) is 0 Å². The Hall–Kier alpha value is -2.80. The van der Waals surface area contributed by atoms with E-state index in [0.717, 1.165) is 11.3 Å². The van der Waals surface area contributed by atoms with Crippen LogP contribution < -0.4 is 9.47 Å². The number of aliphatic hydroxyl groups is 5. The number of para-hydroxylation sites is 1. The van der Waals surface area contributed by atoms with E-state index in [1.165, 1.54) is 6.07 Å². The van der Waals surface area contributed by atoms with Crippen LogP contribution in [0.2, 0.25) is 0 Å². The van der Waals surface area contributed by atoms with Crippen LogP contribution in [0.25, 0.3) is 11.0 Å². The minimum atomic E-state index is -2.69. The van der Waals surface area contributed by atoms with Gasteiger partial charge in [0.2, 0.25) is 6.29 Å². The number of benzene rings is 2. The maximum absolute atomic E-state index is 10.8. The fraction of sp³-hybridized carbons (Fsp3) is 0.429. The molecule has 11 nitrogen and oxygen atoms in total. The van der Waals surface area contributed by atoms with E-state index < -0.39 is 37.0 Å². The van der Waals surface area contributed by atoms with Crippen LogP contribution in [0.3, 0.4) is 0 Å². The number of rotatable bonds is 7. The molecule has 0 unspecified atom stereocenters. The van der Waals surface area contributed by atoms with Crippen molar-refractivity contribution >= 4 is 11.0 Å². The molecule has 1 fully saturated rings. The summed E-state index contributed by atoms with van der Waals surface area (Å²) in [5.41, 5.74) is 1.93. The molecule has 172 valence electrons. The standard InChI is InChI=1S/C21H25N3O8/c1-30-13-7-5-12(6-8-13)9-10-24-17-14(22-23-24)3-2-4-15(17)32-21(29)19(27)18(26)16(11-25)31-20(21)28/h2-8,16,18-20,25-29H,9-11H2,1H3/t16-,18-,19+,20+,21+/m1/s1. The first-order valence-corrected chi connectivity index (χ1v) is 10.0. The lowest BCUT2D eigenvalue weighted by molar-refractivity contribution is -0.385. The molecule has 5 atom stereocenters. The molecule has 2 aromatic carbocycles. The third kappa shape index (κ3) is 4.01. The molecule has 1 aromatic heterocycles. The van der Waals surface area contributed by atoms with Gasteiger partial charge in [-0.1, -0.05) is 23.4 Å². The molecule has 2 heterocycles. The molecule has 1 aliphatic heterocycles. The summed E-state index contributed by atoms with van der Waals surface area (Å²) >= 11 is 0. The quantitative estimate of drug-likeness (QED) is 0.290. The minimum Gasteiger partial charge on any atom is -0.497 e. The first kappa shape index (κ1) is 22.4. The zero-order valence-electron chi connectivity index (χ0n) is 17.3. The second-order valence-electron chi connectivity index (χ2n) is 7.53. The summed E-state index contributed by atoms with van der Waals surface area (Å²) in [6.45, 7) is -0.235. The van der Waals surface area contributed by atoms with E-state index in [4.69, 9.17) is 14.2 Å². The fourth-order valence-corrected chi connectivity index (χ4v) is 3.64. The molecule has 3 aromatic rings. The Balaban J connectivity index is 1.60. The molecule has 0 saturated carbocycles. The van der Waals surface area contributed by atoms with Gasteiger partial charge in [-0.2, -0.15) is 0 Å². The third-order valence-electron chi connectivity index (χ3n) is 5.51. The van der Waals surface area contributed by atoms with Crippen LogP contribution in [0.4, 0.5) is 0 Å². The smallest absolute Gasteiger partial charge is 0.288 e. The molecule has 0 aliphatic carbocycles. The Morgan fingerprint density at radius 1 is 1.12 bits per heavy atom. The largest absolute Gasteiger partial charge is 0.497 e. The van der Waals surface area contributed by atoms with Gasteiger partial charge in [-0.05, 0) is 36.2 Å². The van der Waals surface area contributed by atoms with Gasteiger partial charge in [0, 0.05) is 6.54 Å². The average Bonchev–Trinajstić information content (AvgIpc) is 3.23. The van der Waals surface area contributed by atoms with Crippen molar-refractivity contribution in [3.05, 3.63) is 48.0 Å². The fourth-order valence-electron chi connectivity index (χ4n) is 3.64. The second-order valence-corrected chi connectivity index (χ2v) is 7.53. The number of hydrogen-bond acceptors (Lipinski definition) is 10. The van der Waals surface area contributed by atoms with E-state index >= 15 is 0 Å². The molecule has 32 heavy (non-hydrogen) atoms. The van der Waals surface area contributed by atoms with Crippen molar-refractivity contribution < 1.29 is 39.7 Å². The van der Waals surface area contributed by atoms with Crippen molar-refractivity contribution in [2.45, 2.75) is 43.4 Å². The summed E-state index contributed by atoms with van der Waals surface area (Å²) in [7, 11) is 1.60. The Labute approximate surface area is 183 Å². The number of fused-ring (bicyclic) bond motifs is 1. The molecular formula is C21H25N3O8. The van der Waals surface area contributed by atoms with Gasteiger partial charge in [0.25, 0.3) is 5.79 Å². The van der Waals surface area contributed by atoms with Crippen molar-refractivity contribution in [3.63, 3.8) is 0 Å². The van der Waals surface area contributed by atoms with E-state index in [1.807, 2.05) is 24.3 Å². The second kappa shape index (κ2) is 8.98. The first-order chi connectivity index (χ1) is 15.4. The maximum Gasteiger partial charge on any atom is 0.288 e. The lowest BCUT2D eigenvalue weighted by atomic mass is 9.96. The van der Waals surface area contributed by atoms with Crippen LogP contribution in [-0.4, -0.2) is 84.6 Å². The number of nitrogens with zero attached hydrogens (tertiary/aromatic N) is 3. The number of aliphatic hydroxyl groups excluding tert-OH is 4. The molecule has 11 heteroatoms. The number of ether oxygens (including phenoxy) is 3. The summed E-state index contributed by atoms with van der Waals surface area (Å²) < 4.78 is 17.4. The summed E-state index contributed by atoms with van der Waals surface area (Å²) in [6, 6.07) is 12.4. The molecule has 0 radical (unpaired) electrons. The van der Waals surface area contributed by atoms with E-state index in [9.17, 15) is 25.5 Å². The first-order valence-electron chi connectivity index (χ1n) is 10.0. The van der Waals surface area contributed by atoms with Crippen LogP contribution in [0, 0.1) is 0 Å². The minimum absolute atomic E-state index is 0.0704. The number of hydrogen-bond donors (Lipinski definition) is 5. The normalized spacial score (nSPS) is 28.1. The van der Waals surface area contributed by atoms with Crippen LogP contribution >= 0.6 is 0 Å². The molecule has 0 spiro atoms. The van der Waals surface area contributed by atoms with Crippen LogP contribution in [0.1, 0.15) is 5.56 Å². The lowest BCUT2D eigenvalue weighted by Gasteiger charge is -2.45. The van der Waals surface area contributed by atoms with Crippen molar-refractivity contribution in [1.82, 2.24) is 15.0 Å². The van der Waals surface area contributed by atoms with Gasteiger partial charge in [0.05, 0.1) is 13.7 Å². The van der Waals surface area contributed by atoms with E-state index in [1.54, 1.807) is 23.9 Å². The van der Waals surface area contributed by atoms with Crippen LogP contribution in [-0.2, 0) is 17.7 Å². The van der Waals surface area contributed by atoms with Crippen molar-refractivity contribution in [3.8, 4) is 11.5 Å². The Morgan fingerprint density at radius 3 is 2.56 bits per heavy atom. The van der Waals surface area contributed by atoms with Crippen molar-refractivity contribution in [1.29, 1.82) is 0 Å². The molecule has 0 bridgehead atoms. The highest BCUT2D eigenvalue weighted by Gasteiger charge is 2.57. The predicted molar refractivity (Wildman–Crippen MR) is 110 cm³/mol. The zero-order chi connectivity index (χ0) is 22.9. The molecule has 0 amide bonds. The van der Waals surface area contributed by atoms with Gasteiger partial charge < -0.3 is 39.7 Å². The number of methoxy groups -OCH3 is 1. The number of aryl methyl sites for hydroxylation is 2. The Kier molecular flexibility index (Phi) is 6.29. The van der Waals surface area contributed by atoms with Crippen LogP contribution in [0.5, 0.6) is 11.5 Å². The average molecular weight is 447 g/mol. The number of aromatic nitrogens is 3. The summed E-state index contributed by atoms with van der Waals surface area (Å²) in [5, 5.41) is 59.1. The van der Waals surface area contributed by atoms with Gasteiger partial charge in [0.1, 0.15) is 29.0 Å². The lowest BCUT2D eigenvalue weighted by Crippen LogP contribution is -2.69. The van der Waals surface area contributed by atoms with E-state index in [-0.39, 0.29) is 5.75 Å². The van der Waals surface area contributed by atoms with Crippen molar-refractivity contribution in [2.24, 2.45) is 0 Å². The predicted octanol–water partition coefficient (Wildman–Crippen LogP) is -0.819. The van der Waals surface area contributed by atoms with E-state index in [2.05, 4.69) is 10.3 Å². The van der Waals surface area contributed by atoms with E-state index in [0.29, 0.717) is 24.0 Å². The van der Waals surface area contributed by atoms with Crippen molar-refractivity contribution in [2.75, 3.05) is 13.7 Å². The highest BCUT2D eigenvalue weighted by molar-refractivity contribution is 5.81. The topological polar surface area (TPSA) is 160 Å². The summed E-state index contributed by atoms with van der Waals surface area (Å²) in [5.74, 6) is -1.87. The molecule has 1 saturated heterocycles.